The molecule has 0 bridgehead atoms. The van der Waals surface area contributed by atoms with Crippen molar-refractivity contribution in [2.45, 2.75) is 6.54 Å². The maximum atomic E-state index is 12.2. The molecule has 0 aliphatic heterocycles. The van der Waals surface area contributed by atoms with E-state index in [1.54, 1.807) is 18.2 Å². The molecule has 3 aromatic rings. The van der Waals surface area contributed by atoms with Gasteiger partial charge in [-0.1, -0.05) is 41.9 Å². The Balaban J connectivity index is 1.86. The molecular weight excluding hydrogens is 290 g/mol. The predicted octanol–water partition coefficient (Wildman–Crippen LogP) is 3.15. The molecule has 0 saturated carbocycles. The molecule has 6 heteroatoms. The maximum absolute atomic E-state index is 12.2. The number of aromatic nitrogens is 2. The summed E-state index contributed by atoms with van der Waals surface area (Å²) in [4.78, 5) is 12.2. The molecule has 0 aliphatic rings. The summed E-state index contributed by atoms with van der Waals surface area (Å²) in [5.74, 6) is -0.198. The summed E-state index contributed by atoms with van der Waals surface area (Å²) >= 11 is 5.92. The first-order chi connectivity index (χ1) is 10.1. The second-order valence-corrected chi connectivity index (χ2v) is 4.98. The first-order valence-corrected chi connectivity index (χ1v) is 6.72. The van der Waals surface area contributed by atoms with E-state index in [0.29, 0.717) is 22.5 Å². The van der Waals surface area contributed by atoms with Gasteiger partial charge in [0.15, 0.2) is 0 Å². The summed E-state index contributed by atoms with van der Waals surface area (Å²) in [6, 6.07) is 14.0. The molecule has 0 aliphatic carbocycles. The lowest BCUT2D eigenvalue weighted by Gasteiger charge is -2.05. The molecule has 3 rings (SSSR count). The molecule has 1 aromatic heterocycles. The van der Waals surface area contributed by atoms with Crippen LogP contribution in [-0.4, -0.2) is 20.9 Å². The van der Waals surface area contributed by atoms with E-state index in [1.165, 1.54) is 0 Å². The van der Waals surface area contributed by atoms with Crippen LogP contribution in [0.4, 0.5) is 4.79 Å². The zero-order valence-corrected chi connectivity index (χ0v) is 11.7. The highest BCUT2D eigenvalue weighted by Gasteiger charge is 2.15. The molecule has 2 N–H and O–H groups in total. The summed E-state index contributed by atoms with van der Waals surface area (Å²) in [6.45, 7) is 0.377. The van der Waals surface area contributed by atoms with E-state index in [-0.39, 0.29) is 5.88 Å². The van der Waals surface area contributed by atoms with Crippen LogP contribution >= 0.6 is 11.6 Å². The number of hydrogen-bond donors (Lipinski definition) is 2. The first-order valence-electron chi connectivity index (χ1n) is 6.34. The normalized spacial score (nSPS) is 10.7. The van der Waals surface area contributed by atoms with Crippen molar-refractivity contribution in [2.24, 2.45) is 0 Å². The number of carbonyl (C=O) groups excluding carboxylic acids is 1. The summed E-state index contributed by atoms with van der Waals surface area (Å²) < 4.78 is 1.11. The first kappa shape index (κ1) is 13.5. The molecule has 1 amide bonds. The van der Waals surface area contributed by atoms with E-state index in [9.17, 15) is 9.90 Å². The summed E-state index contributed by atoms with van der Waals surface area (Å²) in [6.07, 6.45) is 0. The highest BCUT2D eigenvalue weighted by Crippen LogP contribution is 2.26. The van der Waals surface area contributed by atoms with Crippen molar-refractivity contribution in [3.8, 4) is 5.88 Å². The van der Waals surface area contributed by atoms with E-state index in [4.69, 9.17) is 11.6 Å². The largest absolute Gasteiger partial charge is 0.492 e. The molecule has 21 heavy (non-hydrogen) atoms. The van der Waals surface area contributed by atoms with Crippen molar-refractivity contribution >= 4 is 28.5 Å². The van der Waals surface area contributed by atoms with Gasteiger partial charge in [0, 0.05) is 11.6 Å². The molecule has 0 unspecified atom stereocenters. The Kier molecular flexibility index (Phi) is 3.50. The van der Waals surface area contributed by atoms with Crippen molar-refractivity contribution in [2.75, 3.05) is 0 Å². The molecule has 2 aromatic carbocycles. The molecule has 0 atom stereocenters. The van der Waals surface area contributed by atoms with Gasteiger partial charge in [0.2, 0.25) is 5.88 Å². The highest BCUT2D eigenvalue weighted by molar-refractivity contribution is 6.31. The number of nitrogens with one attached hydrogen (secondary N) is 1. The Morgan fingerprint density at radius 1 is 1.24 bits per heavy atom. The third-order valence-electron chi connectivity index (χ3n) is 3.10. The molecule has 106 valence electrons. The van der Waals surface area contributed by atoms with E-state index < -0.39 is 6.03 Å². The van der Waals surface area contributed by atoms with Crippen LogP contribution in [-0.2, 0) is 6.54 Å². The minimum Gasteiger partial charge on any atom is -0.492 e. The number of fused-ring (bicyclic) bond motifs is 1. The van der Waals surface area contributed by atoms with Crippen molar-refractivity contribution in [3.63, 3.8) is 0 Å². The van der Waals surface area contributed by atoms with Crippen LogP contribution in [0.5, 0.6) is 5.88 Å². The number of rotatable bonds is 2. The maximum Gasteiger partial charge on any atom is 0.343 e. The van der Waals surface area contributed by atoms with Gasteiger partial charge in [-0.2, -0.15) is 4.68 Å². The van der Waals surface area contributed by atoms with Gasteiger partial charge in [-0.3, -0.25) is 0 Å². The third kappa shape index (κ3) is 2.68. The van der Waals surface area contributed by atoms with Crippen molar-refractivity contribution < 1.29 is 9.90 Å². The van der Waals surface area contributed by atoms with E-state index in [1.807, 2.05) is 30.3 Å². The Bertz CT molecular complexity index is 799. The topological polar surface area (TPSA) is 67.2 Å². The fourth-order valence-electron chi connectivity index (χ4n) is 2.07. The minimum atomic E-state index is -0.425. The smallest absolute Gasteiger partial charge is 0.343 e. The fourth-order valence-corrected chi connectivity index (χ4v) is 2.24. The van der Waals surface area contributed by atoms with Gasteiger partial charge in [-0.05, 0) is 23.8 Å². The number of hydrogen-bond acceptors (Lipinski definition) is 3. The third-order valence-corrected chi connectivity index (χ3v) is 3.34. The standard InChI is InChI=1S/C15H12ClN3O2/c16-11-6-7-12-13(8-11)19(18-14(12)20)15(21)17-9-10-4-2-1-3-5-10/h1-8H,9H2,(H,17,21)(H,18,20). The zero-order chi connectivity index (χ0) is 14.8. The fraction of sp³-hybridized carbons (Fsp3) is 0.0667. The van der Waals surface area contributed by atoms with Crippen LogP contribution in [0, 0.1) is 0 Å². The summed E-state index contributed by atoms with van der Waals surface area (Å²) in [7, 11) is 0. The lowest BCUT2D eigenvalue weighted by atomic mass is 10.2. The van der Waals surface area contributed by atoms with Crippen LogP contribution in [0.15, 0.2) is 48.5 Å². The average molecular weight is 302 g/mol. The van der Waals surface area contributed by atoms with Crippen LogP contribution in [0.2, 0.25) is 5.02 Å². The van der Waals surface area contributed by atoms with Gasteiger partial charge in [-0.15, -0.1) is 5.10 Å². The molecular formula is C15H12ClN3O2. The van der Waals surface area contributed by atoms with E-state index >= 15 is 0 Å². The molecule has 0 radical (unpaired) electrons. The van der Waals surface area contributed by atoms with Gasteiger partial charge in [0.05, 0.1) is 10.9 Å². The molecule has 0 spiro atoms. The lowest BCUT2D eigenvalue weighted by molar-refractivity contribution is 0.239. The number of amides is 1. The second kappa shape index (κ2) is 5.46. The van der Waals surface area contributed by atoms with Crippen molar-refractivity contribution in [1.29, 1.82) is 0 Å². The Labute approximate surface area is 125 Å². The van der Waals surface area contributed by atoms with Crippen LogP contribution < -0.4 is 5.32 Å². The predicted molar refractivity (Wildman–Crippen MR) is 80.5 cm³/mol. The quantitative estimate of drug-likeness (QED) is 0.764. The van der Waals surface area contributed by atoms with Gasteiger partial charge in [0.1, 0.15) is 0 Å². The SMILES string of the molecule is O=C(NCc1ccccc1)n1nc(O)c2ccc(Cl)cc21. The Morgan fingerprint density at radius 2 is 2.00 bits per heavy atom. The van der Waals surface area contributed by atoms with Gasteiger partial charge in [0.25, 0.3) is 0 Å². The summed E-state index contributed by atoms with van der Waals surface area (Å²) in [5, 5.41) is 17.3. The van der Waals surface area contributed by atoms with Gasteiger partial charge < -0.3 is 10.4 Å². The van der Waals surface area contributed by atoms with Crippen molar-refractivity contribution in [3.05, 3.63) is 59.1 Å². The molecule has 1 heterocycles. The molecule has 0 saturated heterocycles. The number of nitrogens with zero attached hydrogens (tertiary/aromatic N) is 2. The summed E-state index contributed by atoms with van der Waals surface area (Å²) in [5.41, 5.74) is 1.44. The minimum absolute atomic E-state index is 0.198. The van der Waals surface area contributed by atoms with Gasteiger partial charge in [-0.25, -0.2) is 4.79 Å². The number of aromatic hydroxyl groups is 1. The monoisotopic (exact) mass is 301 g/mol. The Morgan fingerprint density at radius 3 is 2.76 bits per heavy atom. The molecule has 5 nitrogen and oxygen atoms in total. The van der Waals surface area contributed by atoms with Crippen molar-refractivity contribution in [1.82, 2.24) is 15.1 Å². The average Bonchev–Trinajstić information content (AvgIpc) is 2.82. The van der Waals surface area contributed by atoms with Crippen LogP contribution in [0.3, 0.4) is 0 Å². The second-order valence-electron chi connectivity index (χ2n) is 4.54. The number of benzene rings is 2. The van der Waals surface area contributed by atoms with Crippen LogP contribution in [0.1, 0.15) is 5.56 Å². The molecule has 0 fully saturated rings. The zero-order valence-electron chi connectivity index (χ0n) is 11.0. The van der Waals surface area contributed by atoms with Crippen LogP contribution in [0.25, 0.3) is 10.9 Å². The van der Waals surface area contributed by atoms with E-state index in [2.05, 4.69) is 10.4 Å². The number of halogens is 1. The Hall–Kier alpha value is -2.53. The van der Waals surface area contributed by atoms with E-state index in [0.717, 1.165) is 10.2 Å². The highest BCUT2D eigenvalue weighted by atomic mass is 35.5. The van der Waals surface area contributed by atoms with Gasteiger partial charge >= 0.3 is 6.03 Å². The lowest BCUT2D eigenvalue weighted by Crippen LogP contribution is -2.28. The number of carbonyl (C=O) groups is 1.